The van der Waals surface area contributed by atoms with E-state index in [0.29, 0.717) is 5.92 Å². The predicted octanol–water partition coefficient (Wildman–Crippen LogP) is 2.62. The monoisotopic (exact) mass is 230 g/mol. The molecule has 1 aliphatic rings. The minimum absolute atomic E-state index is 0.0257. The van der Waals surface area contributed by atoms with Crippen molar-refractivity contribution in [1.82, 2.24) is 5.43 Å². The predicted molar refractivity (Wildman–Crippen MR) is 54.2 cm³/mol. The van der Waals surface area contributed by atoms with E-state index in [0.717, 1.165) is 30.5 Å². The summed E-state index contributed by atoms with van der Waals surface area (Å²) in [5.74, 6) is 5.86. The summed E-state index contributed by atoms with van der Waals surface area (Å²) in [5, 5.41) is 0. The Kier molecular flexibility index (Phi) is 2.90. The number of halogens is 3. The van der Waals surface area contributed by atoms with Crippen molar-refractivity contribution in [2.45, 2.75) is 25.1 Å². The maximum absolute atomic E-state index is 12.3. The maximum atomic E-state index is 12.3. The van der Waals surface area contributed by atoms with Gasteiger partial charge in [-0.05, 0) is 36.5 Å². The van der Waals surface area contributed by atoms with Crippen LogP contribution < -0.4 is 11.3 Å². The van der Waals surface area contributed by atoms with Gasteiger partial charge in [0, 0.05) is 6.04 Å². The van der Waals surface area contributed by atoms with E-state index in [2.05, 4.69) is 5.43 Å². The van der Waals surface area contributed by atoms with Gasteiger partial charge in [-0.2, -0.15) is 13.2 Å². The van der Waals surface area contributed by atoms with Gasteiger partial charge in [0.25, 0.3) is 0 Å². The molecule has 1 saturated carbocycles. The minimum Gasteiger partial charge on any atom is -0.271 e. The quantitative estimate of drug-likeness (QED) is 0.618. The summed E-state index contributed by atoms with van der Waals surface area (Å²) < 4.78 is 37.0. The third-order valence-electron chi connectivity index (χ3n) is 2.87. The Morgan fingerprint density at radius 1 is 1.19 bits per heavy atom. The van der Waals surface area contributed by atoms with Gasteiger partial charge in [0.15, 0.2) is 0 Å². The zero-order valence-electron chi connectivity index (χ0n) is 8.59. The van der Waals surface area contributed by atoms with Gasteiger partial charge >= 0.3 is 6.18 Å². The smallest absolute Gasteiger partial charge is 0.271 e. The zero-order valence-corrected chi connectivity index (χ0v) is 8.59. The first-order valence-electron chi connectivity index (χ1n) is 5.15. The molecule has 0 spiro atoms. The lowest BCUT2D eigenvalue weighted by Crippen LogP contribution is -2.29. The number of hydrazine groups is 1. The van der Waals surface area contributed by atoms with Crippen molar-refractivity contribution in [3.63, 3.8) is 0 Å². The molecule has 0 heterocycles. The van der Waals surface area contributed by atoms with E-state index in [1.807, 2.05) is 0 Å². The minimum atomic E-state index is -4.27. The highest BCUT2D eigenvalue weighted by Crippen LogP contribution is 2.41. The molecule has 0 amide bonds. The lowest BCUT2D eigenvalue weighted by atomic mass is 10.0. The topological polar surface area (TPSA) is 38.0 Å². The van der Waals surface area contributed by atoms with Crippen molar-refractivity contribution < 1.29 is 13.2 Å². The highest BCUT2D eigenvalue weighted by Gasteiger charge is 2.33. The molecule has 1 aliphatic carbocycles. The lowest BCUT2D eigenvalue weighted by Gasteiger charge is -2.16. The van der Waals surface area contributed by atoms with Crippen LogP contribution in [0.2, 0.25) is 0 Å². The highest BCUT2D eigenvalue weighted by atomic mass is 19.4. The van der Waals surface area contributed by atoms with E-state index in [1.165, 1.54) is 12.1 Å². The number of rotatable bonds is 3. The summed E-state index contributed by atoms with van der Waals surface area (Å²) in [6, 6.07) is 5.16. The fourth-order valence-corrected chi connectivity index (χ4v) is 1.81. The molecule has 2 nitrogen and oxygen atoms in total. The fraction of sp³-hybridized carbons (Fsp3) is 0.455. The molecule has 0 saturated heterocycles. The number of hydrogen-bond acceptors (Lipinski definition) is 2. The Morgan fingerprint density at radius 2 is 1.75 bits per heavy atom. The average molecular weight is 230 g/mol. The average Bonchev–Trinajstić information content (AvgIpc) is 3.03. The summed E-state index contributed by atoms with van der Waals surface area (Å²) in [6.07, 6.45) is -2.12. The van der Waals surface area contributed by atoms with E-state index in [4.69, 9.17) is 5.84 Å². The molecule has 0 aliphatic heterocycles. The molecule has 0 radical (unpaired) electrons. The van der Waals surface area contributed by atoms with Gasteiger partial charge in [-0.1, -0.05) is 12.1 Å². The van der Waals surface area contributed by atoms with Gasteiger partial charge in [-0.25, -0.2) is 0 Å². The molecule has 1 atom stereocenters. The molecule has 1 fully saturated rings. The van der Waals surface area contributed by atoms with Crippen LogP contribution in [0.3, 0.4) is 0 Å². The van der Waals surface area contributed by atoms with Crippen LogP contribution in [-0.2, 0) is 6.18 Å². The summed E-state index contributed by atoms with van der Waals surface area (Å²) >= 11 is 0. The third-order valence-corrected chi connectivity index (χ3v) is 2.87. The maximum Gasteiger partial charge on any atom is 0.416 e. The Hall–Kier alpha value is -1.07. The Bertz CT molecular complexity index is 354. The van der Waals surface area contributed by atoms with E-state index in [-0.39, 0.29) is 6.04 Å². The van der Waals surface area contributed by atoms with Gasteiger partial charge in [0.1, 0.15) is 0 Å². The molecule has 16 heavy (non-hydrogen) atoms. The van der Waals surface area contributed by atoms with Gasteiger partial charge < -0.3 is 0 Å². The first kappa shape index (κ1) is 11.4. The van der Waals surface area contributed by atoms with Crippen LogP contribution in [0.25, 0.3) is 0 Å². The number of hydrogen-bond donors (Lipinski definition) is 2. The van der Waals surface area contributed by atoms with Crippen molar-refractivity contribution in [2.24, 2.45) is 11.8 Å². The van der Waals surface area contributed by atoms with Crippen LogP contribution in [0, 0.1) is 5.92 Å². The zero-order chi connectivity index (χ0) is 11.8. The van der Waals surface area contributed by atoms with Crippen LogP contribution in [0.5, 0.6) is 0 Å². The van der Waals surface area contributed by atoms with E-state index in [9.17, 15) is 13.2 Å². The molecule has 0 aromatic heterocycles. The van der Waals surface area contributed by atoms with Crippen molar-refractivity contribution in [2.75, 3.05) is 0 Å². The van der Waals surface area contributed by atoms with Crippen LogP contribution in [-0.4, -0.2) is 0 Å². The molecule has 1 aromatic carbocycles. The van der Waals surface area contributed by atoms with Gasteiger partial charge in [-0.3, -0.25) is 11.3 Å². The first-order valence-corrected chi connectivity index (χ1v) is 5.15. The van der Waals surface area contributed by atoms with Crippen LogP contribution in [0.4, 0.5) is 13.2 Å². The summed E-state index contributed by atoms with van der Waals surface area (Å²) in [7, 11) is 0. The number of nitrogens with two attached hydrogens (primary N) is 1. The van der Waals surface area contributed by atoms with Crippen LogP contribution in [0.15, 0.2) is 24.3 Å². The second-order valence-corrected chi connectivity index (χ2v) is 4.10. The van der Waals surface area contributed by atoms with Crippen molar-refractivity contribution >= 4 is 0 Å². The first-order chi connectivity index (χ1) is 7.52. The molecule has 5 heteroatoms. The molecule has 3 N–H and O–H groups in total. The lowest BCUT2D eigenvalue weighted by molar-refractivity contribution is -0.137. The van der Waals surface area contributed by atoms with E-state index >= 15 is 0 Å². The largest absolute Gasteiger partial charge is 0.416 e. The van der Waals surface area contributed by atoms with Crippen molar-refractivity contribution in [1.29, 1.82) is 0 Å². The summed E-state index contributed by atoms with van der Waals surface area (Å²) in [6.45, 7) is 0. The fourth-order valence-electron chi connectivity index (χ4n) is 1.81. The molecule has 2 rings (SSSR count). The van der Waals surface area contributed by atoms with Gasteiger partial charge in [0.2, 0.25) is 0 Å². The standard InChI is InChI=1S/C11H13F3N2/c12-11(13,14)9-5-3-8(4-6-9)10(16-15)7-1-2-7/h3-7,10,16H,1-2,15H2. The molecule has 1 aromatic rings. The number of benzene rings is 1. The van der Waals surface area contributed by atoms with Crippen LogP contribution in [0.1, 0.15) is 30.0 Å². The normalized spacial score (nSPS) is 18.5. The SMILES string of the molecule is NNC(c1ccc(C(F)(F)F)cc1)C1CC1. The van der Waals surface area contributed by atoms with Crippen molar-refractivity contribution in [3.05, 3.63) is 35.4 Å². The molecular weight excluding hydrogens is 217 g/mol. The molecule has 0 bridgehead atoms. The Balaban J connectivity index is 2.18. The van der Waals surface area contributed by atoms with E-state index < -0.39 is 11.7 Å². The second-order valence-electron chi connectivity index (χ2n) is 4.10. The Morgan fingerprint density at radius 3 is 2.12 bits per heavy atom. The van der Waals surface area contributed by atoms with Crippen molar-refractivity contribution in [3.8, 4) is 0 Å². The molecule has 88 valence electrons. The third kappa shape index (κ3) is 2.36. The number of alkyl halides is 3. The number of nitrogens with one attached hydrogen (secondary N) is 1. The second kappa shape index (κ2) is 4.07. The van der Waals surface area contributed by atoms with Gasteiger partial charge in [-0.15, -0.1) is 0 Å². The molecule has 1 unspecified atom stereocenters. The van der Waals surface area contributed by atoms with E-state index in [1.54, 1.807) is 0 Å². The molecular formula is C11H13F3N2. The summed E-state index contributed by atoms with van der Waals surface area (Å²) in [4.78, 5) is 0. The van der Waals surface area contributed by atoms with Gasteiger partial charge in [0.05, 0.1) is 5.56 Å². The highest BCUT2D eigenvalue weighted by molar-refractivity contribution is 5.27. The summed E-state index contributed by atoms with van der Waals surface area (Å²) in [5.41, 5.74) is 2.85. The Labute approximate surface area is 91.6 Å². The van der Waals surface area contributed by atoms with Crippen LogP contribution >= 0.6 is 0 Å².